The zero-order valence-electron chi connectivity index (χ0n) is 20.5. The molecule has 2 atom stereocenters. The molecule has 0 amide bonds. The first kappa shape index (κ1) is 30.6. The second-order valence-electron chi connectivity index (χ2n) is 8.34. The largest absolute Gasteiger partial charge is 0.494 e. The first-order chi connectivity index (χ1) is 17.3. The minimum absolute atomic E-state index is 0. The highest BCUT2D eigenvalue weighted by Gasteiger charge is 2.27. The van der Waals surface area contributed by atoms with Gasteiger partial charge >= 0.3 is 0 Å². The van der Waals surface area contributed by atoms with E-state index in [1.807, 2.05) is 24.3 Å². The van der Waals surface area contributed by atoms with Gasteiger partial charge in [-0.15, -0.1) is 40.2 Å². The van der Waals surface area contributed by atoms with Crippen molar-refractivity contribution in [2.75, 3.05) is 31.6 Å². The summed E-state index contributed by atoms with van der Waals surface area (Å²) in [6.07, 6.45) is 2.13. The molecule has 2 unspecified atom stereocenters. The van der Waals surface area contributed by atoms with Crippen LogP contribution in [0.4, 0.5) is 0 Å². The van der Waals surface area contributed by atoms with Gasteiger partial charge in [0.1, 0.15) is 5.75 Å². The summed E-state index contributed by atoms with van der Waals surface area (Å²) >= 11 is 9.53. The molecular formula is C29H36BrCl2NO3. The van der Waals surface area contributed by atoms with Crippen LogP contribution in [0.25, 0.3) is 0 Å². The van der Waals surface area contributed by atoms with Crippen molar-refractivity contribution in [3.63, 3.8) is 0 Å². The molecule has 3 aromatic carbocycles. The topological polar surface area (TPSA) is 39.7 Å². The van der Waals surface area contributed by atoms with Crippen LogP contribution in [0.1, 0.15) is 35.4 Å². The molecule has 1 heterocycles. The van der Waals surface area contributed by atoms with Gasteiger partial charge in [0.05, 0.1) is 37.9 Å². The van der Waals surface area contributed by atoms with Crippen molar-refractivity contribution in [2.24, 2.45) is 0 Å². The number of hydrogen-bond acceptors (Lipinski definition) is 4. The fourth-order valence-corrected chi connectivity index (χ4v) is 4.09. The van der Waals surface area contributed by atoms with Gasteiger partial charge in [0.25, 0.3) is 0 Å². The van der Waals surface area contributed by atoms with E-state index in [4.69, 9.17) is 37.4 Å². The average molecular weight is 597 g/mol. The van der Waals surface area contributed by atoms with E-state index >= 15 is 0 Å². The molecule has 1 N–H and O–H groups in total. The zero-order chi connectivity index (χ0) is 24.6. The molecule has 196 valence electrons. The van der Waals surface area contributed by atoms with Crippen LogP contribution in [-0.2, 0) is 22.7 Å². The monoisotopic (exact) mass is 595 g/mol. The SMILES string of the molecule is Br.ClCCl.c1ccc(COCCCOc2ccc(C3CCNCC3OCc3ccccc3)cc2)cc1. The molecular weight excluding hydrogens is 561 g/mol. The van der Waals surface area contributed by atoms with Crippen LogP contribution in [0.5, 0.6) is 5.75 Å². The number of benzene rings is 3. The van der Waals surface area contributed by atoms with Crippen molar-refractivity contribution in [3.8, 4) is 5.75 Å². The van der Waals surface area contributed by atoms with Gasteiger partial charge in [0, 0.05) is 18.9 Å². The lowest BCUT2D eigenvalue weighted by Crippen LogP contribution is -2.40. The lowest BCUT2D eigenvalue weighted by molar-refractivity contribution is 0.0106. The van der Waals surface area contributed by atoms with Crippen molar-refractivity contribution < 1.29 is 14.2 Å². The third-order valence-electron chi connectivity index (χ3n) is 5.85. The Morgan fingerprint density at radius 2 is 1.39 bits per heavy atom. The van der Waals surface area contributed by atoms with Gasteiger partial charge in [0.15, 0.2) is 0 Å². The molecule has 0 spiro atoms. The smallest absolute Gasteiger partial charge is 0.119 e. The number of alkyl halides is 2. The summed E-state index contributed by atoms with van der Waals surface area (Å²) in [5, 5.41) is 3.67. The highest BCUT2D eigenvalue weighted by molar-refractivity contribution is 8.93. The summed E-state index contributed by atoms with van der Waals surface area (Å²) in [7, 11) is 0. The first-order valence-electron chi connectivity index (χ1n) is 12.1. The van der Waals surface area contributed by atoms with Crippen LogP contribution in [0, 0.1) is 0 Å². The third kappa shape index (κ3) is 11.2. The molecule has 0 saturated carbocycles. The second-order valence-corrected chi connectivity index (χ2v) is 9.15. The van der Waals surface area contributed by atoms with Gasteiger partial charge in [-0.2, -0.15) is 0 Å². The van der Waals surface area contributed by atoms with Gasteiger partial charge in [-0.1, -0.05) is 72.8 Å². The van der Waals surface area contributed by atoms with Crippen LogP contribution in [0.3, 0.4) is 0 Å². The van der Waals surface area contributed by atoms with E-state index in [9.17, 15) is 0 Å². The van der Waals surface area contributed by atoms with Gasteiger partial charge in [-0.3, -0.25) is 0 Å². The van der Waals surface area contributed by atoms with Crippen LogP contribution >= 0.6 is 40.2 Å². The van der Waals surface area contributed by atoms with Crippen molar-refractivity contribution >= 4 is 40.2 Å². The maximum Gasteiger partial charge on any atom is 0.119 e. The molecule has 36 heavy (non-hydrogen) atoms. The predicted molar refractivity (Wildman–Crippen MR) is 155 cm³/mol. The lowest BCUT2D eigenvalue weighted by Gasteiger charge is -2.32. The normalized spacial score (nSPS) is 16.8. The van der Waals surface area contributed by atoms with Crippen molar-refractivity contribution in [3.05, 3.63) is 102 Å². The molecule has 1 aliphatic heterocycles. The predicted octanol–water partition coefficient (Wildman–Crippen LogP) is 7.33. The molecule has 0 radical (unpaired) electrons. The Morgan fingerprint density at radius 3 is 2.03 bits per heavy atom. The summed E-state index contributed by atoms with van der Waals surface area (Å²) in [6.45, 7) is 4.57. The minimum atomic E-state index is 0. The van der Waals surface area contributed by atoms with Gasteiger partial charge in [-0.05, 0) is 41.8 Å². The summed E-state index contributed by atoms with van der Waals surface area (Å²) in [6, 6.07) is 29.2. The van der Waals surface area contributed by atoms with Crippen molar-refractivity contribution in [1.29, 1.82) is 0 Å². The Morgan fingerprint density at radius 1 is 0.778 bits per heavy atom. The molecule has 0 aromatic heterocycles. The fourth-order valence-electron chi connectivity index (χ4n) is 4.09. The maximum absolute atomic E-state index is 6.29. The molecule has 3 aromatic rings. The molecule has 7 heteroatoms. The van der Waals surface area contributed by atoms with Gasteiger partial charge < -0.3 is 19.5 Å². The molecule has 1 aliphatic rings. The Kier molecular flexibility index (Phi) is 15.8. The van der Waals surface area contributed by atoms with E-state index in [0.29, 0.717) is 32.3 Å². The number of ether oxygens (including phenoxy) is 3. The van der Waals surface area contributed by atoms with E-state index in [0.717, 1.165) is 31.7 Å². The molecule has 0 aliphatic carbocycles. The number of rotatable bonds is 11. The van der Waals surface area contributed by atoms with Crippen LogP contribution in [0.15, 0.2) is 84.9 Å². The van der Waals surface area contributed by atoms with E-state index < -0.39 is 0 Å². The first-order valence-corrected chi connectivity index (χ1v) is 13.2. The molecule has 0 bridgehead atoms. The fraction of sp³-hybridized carbons (Fsp3) is 0.379. The molecule has 1 fully saturated rings. The van der Waals surface area contributed by atoms with Gasteiger partial charge in [0.2, 0.25) is 0 Å². The quantitative estimate of drug-likeness (QED) is 0.186. The lowest BCUT2D eigenvalue weighted by atomic mass is 9.87. The summed E-state index contributed by atoms with van der Waals surface area (Å²) < 4.78 is 17.9. The zero-order valence-corrected chi connectivity index (χ0v) is 23.7. The minimum Gasteiger partial charge on any atom is -0.494 e. The van der Waals surface area contributed by atoms with Crippen molar-refractivity contribution in [2.45, 2.75) is 38.1 Å². The molecule has 4 nitrogen and oxygen atoms in total. The van der Waals surface area contributed by atoms with Crippen LogP contribution < -0.4 is 10.1 Å². The van der Waals surface area contributed by atoms with E-state index in [1.165, 1.54) is 16.7 Å². The Bertz CT molecular complexity index is 932. The van der Waals surface area contributed by atoms with E-state index in [1.54, 1.807) is 0 Å². The van der Waals surface area contributed by atoms with Crippen molar-refractivity contribution in [1.82, 2.24) is 5.32 Å². The summed E-state index contributed by atoms with van der Waals surface area (Å²) in [5.74, 6) is 1.31. The van der Waals surface area contributed by atoms with E-state index in [2.05, 4.69) is 66.0 Å². The molecule has 1 saturated heterocycles. The Labute approximate surface area is 236 Å². The average Bonchev–Trinajstić information content (AvgIpc) is 2.92. The van der Waals surface area contributed by atoms with Crippen LogP contribution in [-0.4, -0.2) is 37.7 Å². The highest BCUT2D eigenvalue weighted by atomic mass is 79.9. The standard InChI is InChI=1S/C28H33NO3.CH2Cl2.BrH/c1-3-8-23(9-4-1)21-30-18-7-19-31-26-14-12-25(13-15-26)27-16-17-29-20-28(27)32-22-24-10-5-2-6-11-24;2-1-3;/h1-6,8-15,27-29H,7,16-22H2;1H2;1H. The Balaban J connectivity index is 0.00000109. The van der Waals surface area contributed by atoms with Crippen LogP contribution in [0.2, 0.25) is 0 Å². The number of halogens is 3. The number of nitrogens with one attached hydrogen (secondary N) is 1. The Hall–Kier alpha value is -1.60. The number of piperidine rings is 1. The third-order valence-corrected chi connectivity index (χ3v) is 5.85. The second kappa shape index (κ2) is 18.6. The van der Waals surface area contributed by atoms with Gasteiger partial charge in [-0.25, -0.2) is 0 Å². The summed E-state index contributed by atoms with van der Waals surface area (Å²) in [5.41, 5.74) is 3.74. The van der Waals surface area contributed by atoms with E-state index in [-0.39, 0.29) is 28.4 Å². The number of hydrogen-bond donors (Lipinski definition) is 1. The summed E-state index contributed by atoms with van der Waals surface area (Å²) in [4.78, 5) is 0. The highest BCUT2D eigenvalue weighted by Crippen LogP contribution is 2.29. The molecule has 4 rings (SSSR count). The maximum atomic E-state index is 6.29.